The summed E-state index contributed by atoms with van der Waals surface area (Å²) in [5.74, 6) is 0. The third-order valence-corrected chi connectivity index (χ3v) is 2.28. The summed E-state index contributed by atoms with van der Waals surface area (Å²) < 4.78 is 10.8. The topological polar surface area (TPSA) is 18.5 Å². The number of rotatable bonds is 5. The van der Waals surface area contributed by atoms with Crippen LogP contribution in [0.2, 0.25) is 0 Å². The van der Waals surface area contributed by atoms with Crippen molar-refractivity contribution in [3.05, 3.63) is 0 Å². The lowest BCUT2D eigenvalue weighted by atomic mass is 10.1. The van der Waals surface area contributed by atoms with Crippen molar-refractivity contribution in [3.8, 4) is 0 Å². The fraction of sp³-hybridized carbons (Fsp3) is 1.00. The standard InChI is InChI=1S/C10H20O2/c1-3-4-5-6-7-10-8-11-9(2)12-10/h9-10H,3-8H2,1-2H3. The predicted molar refractivity (Wildman–Crippen MR) is 49.0 cm³/mol. The first kappa shape index (κ1) is 10.0. The maximum atomic E-state index is 5.52. The van der Waals surface area contributed by atoms with Gasteiger partial charge in [0.1, 0.15) is 0 Å². The van der Waals surface area contributed by atoms with Crippen molar-refractivity contribution in [2.24, 2.45) is 0 Å². The van der Waals surface area contributed by atoms with Crippen LogP contribution in [0.1, 0.15) is 46.0 Å². The van der Waals surface area contributed by atoms with E-state index < -0.39 is 0 Å². The molecule has 2 heteroatoms. The van der Waals surface area contributed by atoms with Crippen LogP contribution < -0.4 is 0 Å². The molecule has 0 spiro atoms. The zero-order valence-electron chi connectivity index (χ0n) is 8.21. The molecule has 72 valence electrons. The van der Waals surface area contributed by atoms with Gasteiger partial charge in [0.05, 0.1) is 12.7 Å². The van der Waals surface area contributed by atoms with Crippen molar-refractivity contribution in [1.29, 1.82) is 0 Å². The van der Waals surface area contributed by atoms with Gasteiger partial charge in [-0.3, -0.25) is 0 Å². The summed E-state index contributed by atoms with van der Waals surface area (Å²) in [6.45, 7) is 5.00. The number of hydrogen-bond donors (Lipinski definition) is 0. The van der Waals surface area contributed by atoms with Crippen molar-refractivity contribution in [1.82, 2.24) is 0 Å². The largest absolute Gasteiger partial charge is 0.350 e. The second-order valence-electron chi connectivity index (χ2n) is 3.51. The average Bonchev–Trinajstić information content (AvgIpc) is 2.45. The Morgan fingerprint density at radius 3 is 2.67 bits per heavy atom. The fourth-order valence-electron chi connectivity index (χ4n) is 1.54. The molecule has 2 unspecified atom stereocenters. The molecule has 0 aromatic carbocycles. The van der Waals surface area contributed by atoms with E-state index in [0.717, 1.165) is 6.61 Å². The molecule has 2 atom stereocenters. The summed E-state index contributed by atoms with van der Waals surface area (Å²) in [6, 6.07) is 0. The lowest BCUT2D eigenvalue weighted by Gasteiger charge is -2.07. The predicted octanol–water partition coefficient (Wildman–Crippen LogP) is 2.72. The van der Waals surface area contributed by atoms with Crippen molar-refractivity contribution in [2.75, 3.05) is 6.61 Å². The highest BCUT2D eigenvalue weighted by Crippen LogP contribution is 2.16. The smallest absolute Gasteiger partial charge is 0.155 e. The van der Waals surface area contributed by atoms with Crippen LogP contribution in [0.25, 0.3) is 0 Å². The van der Waals surface area contributed by atoms with Crippen LogP contribution in [0.15, 0.2) is 0 Å². The summed E-state index contributed by atoms with van der Waals surface area (Å²) in [5, 5.41) is 0. The molecule has 0 N–H and O–H groups in total. The van der Waals surface area contributed by atoms with Crippen LogP contribution in [0, 0.1) is 0 Å². The summed E-state index contributed by atoms with van der Waals surface area (Å²) in [6.07, 6.45) is 6.85. The molecule has 0 aromatic heterocycles. The molecule has 2 nitrogen and oxygen atoms in total. The van der Waals surface area contributed by atoms with E-state index >= 15 is 0 Å². The molecule has 1 fully saturated rings. The lowest BCUT2D eigenvalue weighted by Crippen LogP contribution is -2.10. The molecular formula is C10H20O2. The molecule has 1 aliphatic rings. The Morgan fingerprint density at radius 2 is 2.08 bits per heavy atom. The second-order valence-corrected chi connectivity index (χ2v) is 3.51. The Balaban J connectivity index is 1.93. The first-order chi connectivity index (χ1) is 5.83. The van der Waals surface area contributed by atoms with E-state index in [1.807, 2.05) is 6.92 Å². The van der Waals surface area contributed by atoms with Crippen molar-refractivity contribution in [2.45, 2.75) is 58.3 Å². The first-order valence-electron chi connectivity index (χ1n) is 5.10. The highest BCUT2D eigenvalue weighted by Gasteiger charge is 2.21. The van der Waals surface area contributed by atoms with Crippen molar-refractivity contribution >= 4 is 0 Å². The Morgan fingerprint density at radius 1 is 1.25 bits per heavy atom. The minimum atomic E-state index is 0.0289. The Kier molecular flexibility index (Phi) is 4.62. The molecule has 1 rings (SSSR count). The van der Waals surface area contributed by atoms with E-state index in [1.165, 1.54) is 32.1 Å². The average molecular weight is 172 g/mol. The molecule has 1 aliphatic heterocycles. The van der Waals surface area contributed by atoms with Gasteiger partial charge in [-0.05, 0) is 13.3 Å². The van der Waals surface area contributed by atoms with Gasteiger partial charge in [-0.25, -0.2) is 0 Å². The summed E-state index contributed by atoms with van der Waals surface area (Å²) in [5.41, 5.74) is 0. The number of ether oxygens (including phenoxy) is 2. The van der Waals surface area contributed by atoms with E-state index in [9.17, 15) is 0 Å². The van der Waals surface area contributed by atoms with Gasteiger partial charge >= 0.3 is 0 Å². The van der Waals surface area contributed by atoms with Gasteiger partial charge in [-0.1, -0.05) is 32.6 Å². The molecular weight excluding hydrogens is 152 g/mol. The Hall–Kier alpha value is -0.0800. The second kappa shape index (κ2) is 5.55. The van der Waals surface area contributed by atoms with E-state index in [0.29, 0.717) is 6.10 Å². The van der Waals surface area contributed by atoms with Gasteiger partial charge in [0.25, 0.3) is 0 Å². The third-order valence-electron chi connectivity index (χ3n) is 2.28. The van der Waals surface area contributed by atoms with E-state index in [4.69, 9.17) is 9.47 Å². The normalized spacial score (nSPS) is 29.5. The summed E-state index contributed by atoms with van der Waals surface area (Å²) in [7, 11) is 0. The molecule has 0 radical (unpaired) electrons. The molecule has 1 saturated heterocycles. The van der Waals surface area contributed by atoms with Gasteiger partial charge < -0.3 is 9.47 Å². The van der Waals surface area contributed by atoms with Crippen LogP contribution in [0.5, 0.6) is 0 Å². The quantitative estimate of drug-likeness (QED) is 0.594. The fourth-order valence-corrected chi connectivity index (χ4v) is 1.54. The van der Waals surface area contributed by atoms with E-state index in [1.54, 1.807) is 0 Å². The van der Waals surface area contributed by atoms with Crippen LogP contribution >= 0.6 is 0 Å². The molecule has 0 aromatic rings. The first-order valence-corrected chi connectivity index (χ1v) is 5.10. The minimum absolute atomic E-state index is 0.0289. The zero-order chi connectivity index (χ0) is 8.81. The molecule has 12 heavy (non-hydrogen) atoms. The van der Waals surface area contributed by atoms with Crippen molar-refractivity contribution < 1.29 is 9.47 Å². The van der Waals surface area contributed by atoms with Crippen LogP contribution in [-0.2, 0) is 9.47 Å². The lowest BCUT2D eigenvalue weighted by molar-refractivity contribution is -0.0434. The van der Waals surface area contributed by atoms with Gasteiger partial charge in [-0.2, -0.15) is 0 Å². The van der Waals surface area contributed by atoms with E-state index in [-0.39, 0.29) is 6.29 Å². The molecule has 0 saturated carbocycles. The van der Waals surface area contributed by atoms with Gasteiger partial charge in [0.2, 0.25) is 0 Å². The maximum Gasteiger partial charge on any atom is 0.155 e. The third kappa shape index (κ3) is 3.55. The number of unbranched alkanes of at least 4 members (excludes halogenated alkanes) is 3. The molecule has 0 amide bonds. The van der Waals surface area contributed by atoms with Crippen molar-refractivity contribution in [3.63, 3.8) is 0 Å². The Bertz CT molecular complexity index is 114. The van der Waals surface area contributed by atoms with Gasteiger partial charge in [-0.15, -0.1) is 0 Å². The van der Waals surface area contributed by atoms with Crippen LogP contribution in [0.3, 0.4) is 0 Å². The van der Waals surface area contributed by atoms with Gasteiger partial charge in [0.15, 0.2) is 6.29 Å². The SMILES string of the molecule is CCCCCCC1COC(C)O1. The van der Waals surface area contributed by atoms with Crippen LogP contribution in [0.4, 0.5) is 0 Å². The zero-order valence-corrected chi connectivity index (χ0v) is 8.21. The summed E-state index contributed by atoms with van der Waals surface area (Å²) >= 11 is 0. The number of hydrogen-bond acceptors (Lipinski definition) is 2. The molecule has 0 bridgehead atoms. The maximum absolute atomic E-state index is 5.52. The highest BCUT2D eigenvalue weighted by atomic mass is 16.7. The molecule has 0 aliphatic carbocycles. The monoisotopic (exact) mass is 172 g/mol. The minimum Gasteiger partial charge on any atom is -0.350 e. The summed E-state index contributed by atoms with van der Waals surface area (Å²) in [4.78, 5) is 0. The van der Waals surface area contributed by atoms with Gasteiger partial charge in [0, 0.05) is 0 Å². The van der Waals surface area contributed by atoms with E-state index in [2.05, 4.69) is 6.92 Å². The molecule has 1 heterocycles. The highest BCUT2D eigenvalue weighted by molar-refractivity contribution is 4.62. The van der Waals surface area contributed by atoms with Crippen LogP contribution in [-0.4, -0.2) is 19.0 Å². The Labute approximate surface area is 75.2 Å².